The molecule has 2 atom stereocenters. The standard InChI is InChI=1S/C23H21F3N4O3/c1-13-2-5-15(6-3-13)16-9-20(23(24,25)26)30-21(28-16)10-17(29-30)22(31)27-11-14-4-7-18-19(8-14)33-12-32-18/h2-8,10,16,20,28H,9,11-12H2,1H3,(H,27,31)/t16-,20+/m0/s1. The molecule has 1 aromatic heterocycles. The van der Waals surface area contributed by atoms with Crippen molar-refractivity contribution < 1.29 is 27.4 Å². The van der Waals surface area contributed by atoms with E-state index in [1.54, 1.807) is 18.2 Å². The Kier molecular flexibility index (Phi) is 5.15. The maximum absolute atomic E-state index is 13.9. The van der Waals surface area contributed by atoms with Gasteiger partial charge in [0, 0.05) is 19.0 Å². The van der Waals surface area contributed by atoms with Crippen LogP contribution in [0.1, 0.15) is 45.7 Å². The maximum Gasteiger partial charge on any atom is 0.410 e. The van der Waals surface area contributed by atoms with E-state index in [1.165, 1.54) is 6.07 Å². The highest BCUT2D eigenvalue weighted by molar-refractivity contribution is 5.93. The predicted octanol–water partition coefficient (Wildman–Crippen LogP) is 4.51. The first kappa shape index (κ1) is 21.2. The largest absolute Gasteiger partial charge is 0.454 e. The summed E-state index contributed by atoms with van der Waals surface area (Å²) in [4.78, 5) is 12.7. The van der Waals surface area contributed by atoms with E-state index in [2.05, 4.69) is 15.7 Å². The molecule has 1 amide bonds. The number of hydrogen-bond donors (Lipinski definition) is 2. The molecule has 2 aliphatic heterocycles. The molecule has 0 aliphatic carbocycles. The minimum atomic E-state index is -4.51. The van der Waals surface area contributed by atoms with Crippen LogP contribution in [0, 0.1) is 6.92 Å². The van der Waals surface area contributed by atoms with Crippen molar-refractivity contribution in [1.29, 1.82) is 0 Å². The molecule has 0 saturated carbocycles. The van der Waals surface area contributed by atoms with Crippen LogP contribution >= 0.6 is 0 Å². The van der Waals surface area contributed by atoms with Gasteiger partial charge in [0.15, 0.2) is 23.2 Å². The predicted molar refractivity (Wildman–Crippen MR) is 113 cm³/mol. The molecule has 10 heteroatoms. The van der Waals surface area contributed by atoms with E-state index in [1.807, 2.05) is 31.2 Å². The highest BCUT2D eigenvalue weighted by Gasteiger charge is 2.46. The first-order valence-corrected chi connectivity index (χ1v) is 10.4. The molecule has 0 fully saturated rings. The van der Waals surface area contributed by atoms with Crippen LogP contribution < -0.4 is 20.1 Å². The molecule has 0 unspecified atom stereocenters. The van der Waals surface area contributed by atoms with Gasteiger partial charge in [0.25, 0.3) is 5.91 Å². The number of aryl methyl sites for hydroxylation is 1. The van der Waals surface area contributed by atoms with Crippen LogP contribution in [0.25, 0.3) is 0 Å². The molecule has 3 aromatic rings. The minimum Gasteiger partial charge on any atom is -0.454 e. The summed E-state index contributed by atoms with van der Waals surface area (Å²) < 4.78 is 53.0. The lowest BCUT2D eigenvalue weighted by Gasteiger charge is -2.33. The first-order chi connectivity index (χ1) is 15.8. The lowest BCUT2D eigenvalue weighted by atomic mass is 9.96. The summed E-state index contributed by atoms with van der Waals surface area (Å²) in [6.45, 7) is 2.22. The van der Waals surface area contributed by atoms with E-state index in [-0.39, 0.29) is 31.3 Å². The number of ether oxygens (including phenoxy) is 2. The third-order valence-electron chi connectivity index (χ3n) is 5.79. The molecular weight excluding hydrogens is 437 g/mol. The zero-order valence-electron chi connectivity index (χ0n) is 17.6. The number of alkyl halides is 3. The number of nitrogens with zero attached hydrogens (tertiary/aromatic N) is 2. The quantitative estimate of drug-likeness (QED) is 0.602. The van der Waals surface area contributed by atoms with Crippen molar-refractivity contribution in [2.24, 2.45) is 0 Å². The Morgan fingerprint density at radius 2 is 1.91 bits per heavy atom. The summed E-state index contributed by atoms with van der Waals surface area (Å²) in [6.07, 6.45) is -4.73. The normalized spacial score (nSPS) is 19.0. The van der Waals surface area contributed by atoms with Crippen molar-refractivity contribution in [2.45, 2.75) is 38.1 Å². The van der Waals surface area contributed by atoms with Crippen LogP contribution in [0.4, 0.5) is 19.0 Å². The number of aromatic nitrogens is 2. The average Bonchev–Trinajstić information content (AvgIpc) is 3.43. The minimum absolute atomic E-state index is 0.0861. The zero-order chi connectivity index (χ0) is 23.2. The molecule has 0 spiro atoms. The molecule has 0 radical (unpaired) electrons. The highest BCUT2D eigenvalue weighted by atomic mass is 19.4. The zero-order valence-corrected chi connectivity index (χ0v) is 17.6. The fourth-order valence-electron chi connectivity index (χ4n) is 4.03. The summed E-state index contributed by atoms with van der Waals surface area (Å²) in [6, 6.07) is 11.6. The molecule has 172 valence electrons. The number of carbonyl (C=O) groups excluding carboxylic acids is 1. The SMILES string of the molecule is Cc1ccc([C@@H]2C[C@H](C(F)(F)F)n3nc(C(=O)NCc4ccc5c(c4)OCO5)cc3N2)cc1. The van der Waals surface area contributed by atoms with Gasteiger partial charge >= 0.3 is 6.18 Å². The fraction of sp³-hybridized carbons (Fsp3) is 0.304. The summed E-state index contributed by atoms with van der Waals surface area (Å²) >= 11 is 0. The summed E-state index contributed by atoms with van der Waals surface area (Å²) in [5.74, 6) is 0.796. The van der Waals surface area contributed by atoms with Crippen molar-refractivity contribution in [1.82, 2.24) is 15.1 Å². The second-order valence-electron chi connectivity index (χ2n) is 8.13. The number of rotatable bonds is 4. The number of fused-ring (bicyclic) bond motifs is 2. The van der Waals surface area contributed by atoms with Gasteiger partial charge in [-0.1, -0.05) is 35.9 Å². The lowest BCUT2D eigenvalue weighted by Crippen LogP contribution is -2.35. The van der Waals surface area contributed by atoms with Gasteiger partial charge < -0.3 is 20.1 Å². The first-order valence-electron chi connectivity index (χ1n) is 10.4. The number of anilines is 1. The summed E-state index contributed by atoms with van der Waals surface area (Å²) in [5, 5.41) is 9.79. The van der Waals surface area contributed by atoms with Gasteiger partial charge in [-0.2, -0.15) is 18.3 Å². The second-order valence-corrected chi connectivity index (χ2v) is 8.13. The average molecular weight is 458 g/mol. The fourth-order valence-corrected chi connectivity index (χ4v) is 4.03. The van der Waals surface area contributed by atoms with Gasteiger partial charge in [-0.3, -0.25) is 4.79 Å². The highest BCUT2D eigenvalue weighted by Crippen LogP contribution is 2.43. The van der Waals surface area contributed by atoms with E-state index < -0.39 is 24.2 Å². The van der Waals surface area contributed by atoms with E-state index in [9.17, 15) is 18.0 Å². The van der Waals surface area contributed by atoms with Crippen LogP contribution in [-0.4, -0.2) is 28.7 Å². The Labute approximate surface area is 187 Å². The molecule has 0 bridgehead atoms. The maximum atomic E-state index is 13.9. The number of nitrogens with one attached hydrogen (secondary N) is 2. The molecule has 2 N–H and O–H groups in total. The Bertz CT molecular complexity index is 1190. The van der Waals surface area contributed by atoms with Crippen LogP contribution in [-0.2, 0) is 6.54 Å². The van der Waals surface area contributed by atoms with Crippen molar-refractivity contribution in [3.8, 4) is 11.5 Å². The van der Waals surface area contributed by atoms with Crippen molar-refractivity contribution >= 4 is 11.7 Å². The van der Waals surface area contributed by atoms with Gasteiger partial charge in [-0.25, -0.2) is 4.68 Å². The number of carbonyl (C=O) groups is 1. The molecular formula is C23H21F3N4O3. The molecule has 7 nitrogen and oxygen atoms in total. The summed E-state index contributed by atoms with van der Waals surface area (Å²) in [5.41, 5.74) is 2.45. The van der Waals surface area contributed by atoms with Crippen molar-refractivity contribution in [3.63, 3.8) is 0 Å². The van der Waals surface area contributed by atoms with Crippen LogP contribution in [0.3, 0.4) is 0 Å². The van der Waals surface area contributed by atoms with Crippen LogP contribution in [0.15, 0.2) is 48.5 Å². The van der Waals surface area contributed by atoms with Crippen LogP contribution in [0.5, 0.6) is 11.5 Å². The van der Waals surface area contributed by atoms with E-state index >= 15 is 0 Å². The van der Waals surface area contributed by atoms with Gasteiger partial charge in [0.05, 0.1) is 6.04 Å². The van der Waals surface area contributed by atoms with Gasteiger partial charge in [0.1, 0.15) is 5.82 Å². The molecule has 5 rings (SSSR count). The number of hydrogen-bond acceptors (Lipinski definition) is 5. The Hall–Kier alpha value is -3.69. The third-order valence-corrected chi connectivity index (χ3v) is 5.79. The third kappa shape index (κ3) is 4.20. The lowest BCUT2D eigenvalue weighted by molar-refractivity contribution is -0.173. The Morgan fingerprint density at radius 1 is 1.15 bits per heavy atom. The van der Waals surface area contributed by atoms with Gasteiger partial charge in [0.2, 0.25) is 6.79 Å². The Balaban J connectivity index is 1.35. The van der Waals surface area contributed by atoms with Crippen LogP contribution in [0.2, 0.25) is 0 Å². The number of amides is 1. The van der Waals surface area contributed by atoms with Crippen molar-refractivity contribution in [3.05, 3.63) is 70.9 Å². The summed E-state index contributed by atoms with van der Waals surface area (Å²) in [7, 11) is 0. The molecule has 0 saturated heterocycles. The van der Waals surface area contributed by atoms with Gasteiger partial charge in [-0.05, 0) is 30.2 Å². The van der Waals surface area contributed by atoms with Crippen molar-refractivity contribution in [2.75, 3.05) is 12.1 Å². The number of benzene rings is 2. The van der Waals surface area contributed by atoms with Gasteiger partial charge in [-0.15, -0.1) is 0 Å². The molecule has 3 heterocycles. The van der Waals surface area contributed by atoms with E-state index in [4.69, 9.17) is 9.47 Å². The smallest absolute Gasteiger partial charge is 0.410 e. The monoisotopic (exact) mass is 458 g/mol. The molecule has 2 aromatic carbocycles. The van der Waals surface area contributed by atoms with E-state index in [0.29, 0.717) is 11.5 Å². The topological polar surface area (TPSA) is 77.4 Å². The Morgan fingerprint density at radius 3 is 2.67 bits per heavy atom. The second kappa shape index (κ2) is 8.02. The van der Waals surface area contributed by atoms with E-state index in [0.717, 1.165) is 21.4 Å². The molecule has 2 aliphatic rings. The molecule has 33 heavy (non-hydrogen) atoms. The number of halogens is 3.